The number of nitrogens with one attached hydrogen (secondary N) is 1. The molecule has 0 bridgehead atoms. The minimum Gasteiger partial charge on any atom is -0.489 e. The molecular formula is C29H35ClN2O4. The van der Waals surface area contributed by atoms with E-state index in [1.807, 2.05) is 12.1 Å². The highest BCUT2D eigenvalue weighted by molar-refractivity contribution is 5.85. The Kier molecular flexibility index (Phi) is 11.2. The zero-order chi connectivity index (χ0) is 25.3. The summed E-state index contributed by atoms with van der Waals surface area (Å²) in [6.07, 6.45) is 0.819. The van der Waals surface area contributed by atoms with E-state index in [4.69, 9.17) is 9.47 Å². The summed E-state index contributed by atoms with van der Waals surface area (Å²) in [5.74, 6) is 0.149. The van der Waals surface area contributed by atoms with Gasteiger partial charge in [-0.15, -0.1) is 12.4 Å². The Morgan fingerprint density at radius 1 is 1.08 bits per heavy atom. The summed E-state index contributed by atoms with van der Waals surface area (Å²) in [5.41, 5.74) is 2.26. The van der Waals surface area contributed by atoms with Gasteiger partial charge in [-0.1, -0.05) is 48.5 Å². The molecule has 0 spiro atoms. The molecule has 3 aromatic rings. The highest BCUT2D eigenvalue weighted by Crippen LogP contribution is 2.22. The molecule has 0 fully saturated rings. The van der Waals surface area contributed by atoms with Crippen LogP contribution in [0.15, 0.2) is 60.7 Å². The highest BCUT2D eigenvalue weighted by Gasteiger charge is 2.20. The SMILES string of the molecule is CCOC(=O)CCc1ccc(C#N)c(OCC(O)CNC(C)(C)Cc2ccc3ccccc3c2)c1.Cl. The number of ether oxygens (including phenoxy) is 2. The van der Waals surface area contributed by atoms with Gasteiger partial charge >= 0.3 is 5.97 Å². The largest absolute Gasteiger partial charge is 0.489 e. The first-order chi connectivity index (χ1) is 16.8. The minimum atomic E-state index is -0.749. The maximum atomic E-state index is 11.6. The van der Waals surface area contributed by atoms with E-state index in [1.165, 1.54) is 16.3 Å². The molecule has 2 N–H and O–H groups in total. The first-order valence-electron chi connectivity index (χ1n) is 12.0. The molecule has 192 valence electrons. The van der Waals surface area contributed by atoms with E-state index >= 15 is 0 Å². The molecule has 1 unspecified atom stereocenters. The number of esters is 1. The van der Waals surface area contributed by atoms with Crippen LogP contribution in [0.1, 0.15) is 43.9 Å². The molecule has 1 atom stereocenters. The average molecular weight is 511 g/mol. The third-order valence-electron chi connectivity index (χ3n) is 5.80. The molecule has 0 amide bonds. The molecule has 6 nitrogen and oxygen atoms in total. The van der Waals surface area contributed by atoms with Gasteiger partial charge in [-0.2, -0.15) is 5.26 Å². The molecule has 0 heterocycles. The molecule has 0 aliphatic heterocycles. The fraction of sp³-hybridized carbons (Fsp3) is 0.379. The average Bonchev–Trinajstić information content (AvgIpc) is 2.85. The van der Waals surface area contributed by atoms with Crippen LogP contribution in [0.2, 0.25) is 0 Å². The second-order valence-corrected chi connectivity index (χ2v) is 9.34. The van der Waals surface area contributed by atoms with E-state index in [-0.39, 0.29) is 36.9 Å². The molecular weight excluding hydrogens is 476 g/mol. The van der Waals surface area contributed by atoms with Crippen LogP contribution in [0, 0.1) is 11.3 Å². The summed E-state index contributed by atoms with van der Waals surface area (Å²) in [5, 5.41) is 25.8. The lowest BCUT2D eigenvalue weighted by atomic mass is 9.93. The lowest BCUT2D eigenvalue weighted by Gasteiger charge is -2.28. The number of carbonyl (C=O) groups excluding carboxylic acids is 1. The number of halogens is 1. The number of benzene rings is 3. The Hall–Kier alpha value is -3.11. The predicted molar refractivity (Wildman–Crippen MR) is 145 cm³/mol. The monoisotopic (exact) mass is 510 g/mol. The molecule has 3 rings (SSSR count). The number of nitrogens with zero attached hydrogens (tertiary/aromatic N) is 1. The molecule has 36 heavy (non-hydrogen) atoms. The second-order valence-electron chi connectivity index (χ2n) is 9.34. The Morgan fingerprint density at radius 2 is 1.81 bits per heavy atom. The van der Waals surface area contributed by atoms with E-state index in [0.717, 1.165) is 12.0 Å². The Labute approximate surface area is 219 Å². The van der Waals surface area contributed by atoms with Gasteiger partial charge in [0.05, 0.1) is 12.2 Å². The first kappa shape index (κ1) is 29.1. The van der Waals surface area contributed by atoms with Crippen molar-refractivity contribution >= 4 is 29.1 Å². The topological polar surface area (TPSA) is 91.6 Å². The third kappa shape index (κ3) is 8.83. The number of fused-ring (bicyclic) bond motifs is 1. The lowest BCUT2D eigenvalue weighted by Crippen LogP contribution is -2.46. The lowest BCUT2D eigenvalue weighted by molar-refractivity contribution is -0.143. The van der Waals surface area contributed by atoms with Gasteiger partial charge in [0.25, 0.3) is 0 Å². The van der Waals surface area contributed by atoms with Crippen molar-refractivity contribution in [3.05, 3.63) is 77.4 Å². The van der Waals surface area contributed by atoms with Crippen molar-refractivity contribution in [1.82, 2.24) is 5.32 Å². The van der Waals surface area contributed by atoms with E-state index < -0.39 is 6.10 Å². The Bertz CT molecular complexity index is 1190. The van der Waals surface area contributed by atoms with E-state index in [0.29, 0.717) is 30.9 Å². The van der Waals surface area contributed by atoms with Gasteiger partial charge < -0.3 is 19.9 Å². The highest BCUT2D eigenvalue weighted by atomic mass is 35.5. The van der Waals surface area contributed by atoms with Crippen LogP contribution in [0.3, 0.4) is 0 Å². The van der Waals surface area contributed by atoms with E-state index in [2.05, 4.69) is 55.6 Å². The normalized spacial score (nSPS) is 11.9. The number of rotatable bonds is 12. The molecule has 0 aromatic heterocycles. The van der Waals surface area contributed by atoms with Gasteiger partial charge in [-0.05, 0) is 67.6 Å². The summed E-state index contributed by atoms with van der Waals surface area (Å²) >= 11 is 0. The second kappa shape index (κ2) is 13.8. The van der Waals surface area contributed by atoms with Crippen molar-refractivity contribution < 1.29 is 19.4 Å². The van der Waals surface area contributed by atoms with Gasteiger partial charge in [0, 0.05) is 18.5 Å². The number of aryl methyl sites for hydroxylation is 1. The van der Waals surface area contributed by atoms with Gasteiger partial charge in [0.1, 0.15) is 24.5 Å². The number of β-amino-alcohol motifs (C(OH)–C–C–N with tert-alkyl or cyclic N) is 1. The van der Waals surface area contributed by atoms with Crippen molar-refractivity contribution in [3.63, 3.8) is 0 Å². The Balaban J connectivity index is 0.00000456. The number of aliphatic hydroxyl groups excluding tert-OH is 1. The van der Waals surface area contributed by atoms with E-state index in [9.17, 15) is 15.2 Å². The number of hydrogen-bond acceptors (Lipinski definition) is 6. The van der Waals surface area contributed by atoms with Crippen molar-refractivity contribution in [2.24, 2.45) is 0 Å². The Morgan fingerprint density at radius 3 is 2.53 bits per heavy atom. The smallest absolute Gasteiger partial charge is 0.306 e. The van der Waals surface area contributed by atoms with Crippen LogP contribution in [0.4, 0.5) is 0 Å². The van der Waals surface area contributed by atoms with Crippen LogP contribution >= 0.6 is 12.4 Å². The molecule has 0 radical (unpaired) electrons. The minimum absolute atomic E-state index is 0. The fourth-order valence-electron chi connectivity index (χ4n) is 3.97. The quantitative estimate of drug-likeness (QED) is 0.334. The summed E-state index contributed by atoms with van der Waals surface area (Å²) in [6, 6.07) is 22.1. The first-order valence-corrected chi connectivity index (χ1v) is 12.0. The maximum absolute atomic E-state index is 11.6. The summed E-state index contributed by atoms with van der Waals surface area (Å²) < 4.78 is 10.8. The van der Waals surface area contributed by atoms with Crippen LogP contribution in [0.5, 0.6) is 5.75 Å². The van der Waals surface area contributed by atoms with Crippen molar-refractivity contribution in [2.45, 2.75) is 51.7 Å². The number of hydrogen-bond donors (Lipinski definition) is 2. The van der Waals surface area contributed by atoms with Crippen molar-refractivity contribution in [1.29, 1.82) is 5.26 Å². The fourth-order valence-corrected chi connectivity index (χ4v) is 3.97. The summed E-state index contributed by atoms with van der Waals surface area (Å²) in [7, 11) is 0. The van der Waals surface area contributed by atoms with Crippen LogP contribution in [0.25, 0.3) is 10.8 Å². The van der Waals surface area contributed by atoms with Gasteiger partial charge in [-0.25, -0.2) is 0 Å². The number of aliphatic hydroxyl groups is 1. The molecule has 0 saturated carbocycles. The number of nitriles is 1. The zero-order valence-corrected chi connectivity index (χ0v) is 21.9. The van der Waals surface area contributed by atoms with Gasteiger partial charge in [0.2, 0.25) is 0 Å². The van der Waals surface area contributed by atoms with Crippen molar-refractivity contribution in [3.8, 4) is 11.8 Å². The van der Waals surface area contributed by atoms with Crippen LogP contribution < -0.4 is 10.1 Å². The van der Waals surface area contributed by atoms with E-state index in [1.54, 1.807) is 25.1 Å². The molecule has 0 aliphatic rings. The molecule has 0 aliphatic carbocycles. The van der Waals surface area contributed by atoms with Crippen molar-refractivity contribution in [2.75, 3.05) is 19.8 Å². The zero-order valence-electron chi connectivity index (χ0n) is 21.1. The number of carbonyl (C=O) groups is 1. The van der Waals surface area contributed by atoms with Crippen LogP contribution in [-0.2, 0) is 22.4 Å². The summed E-state index contributed by atoms with van der Waals surface area (Å²) in [4.78, 5) is 11.6. The molecule has 7 heteroatoms. The molecule has 3 aromatic carbocycles. The maximum Gasteiger partial charge on any atom is 0.306 e. The van der Waals surface area contributed by atoms with Gasteiger partial charge in [-0.3, -0.25) is 4.79 Å². The third-order valence-corrected chi connectivity index (χ3v) is 5.80. The summed E-state index contributed by atoms with van der Waals surface area (Å²) in [6.45, 7) is 6.75. The standard InChI is InChI=1S/C29H34N2O4.ClH/c1-4-34-28(33)14-11-21-9-13-25(18-30)27(16-21)35-20-26(32)19-31-29(2,3)17-22-10-12-23-7-5-6-8-24(23)15-22;/h5-10,12-13,15-16,26,31-32H,4,11,14,17,19-20H2,1-3H3;1H. The van der Waals surface area contributed by atoms with Crippen LogP contribution in [-0.4, -0.2) is 42.5 Å². The van der Waals surface area contributed by atoms with Gasteiger partial charge in [0.15, 0.2) is 0 Å². The predicted octanol–water partition coefficient (Wildman–Crippen LogP) is 4.98. The molecule has 0 saturated heterocycles.